The highest BCUT2D eigenvalue weighted by molar-refractivity contribution is 6.14. The number of anilines is 2. The highest BCUT2D eigenvalue weighted by Gasteiger charge is 2.10. The summed E-state index contributed by atoms with van der Waals surface area (Å²) in [5.41, 5.74) is 7.01. The summed E-state index contributed by atoms with van der Waals surface area (Å²) in [7, 11) is 0. The molecule has 0 aliphatic heterocycles. The molecule has 8 rings (SSSR count). The fraction of sp³-hybridized carbons (Fsp3) is 0. The Bertz CT molecular complexity index is 2240. The summed E-state index contributed by atoms with van der Waals surface area (Å²) in [4.78, 5) is 0. The van der Waals surface area contributed by atoms with E-state index in [2.05, 4.69) is 163 Å². The van der Waals surface area contributed by atoms with Gasteiger partial charge in [0.15, 0.2) is 0 Å². The topological polar surface area (TPSA) is 12.0 Å². The van der Waals surface area contributed by atoms with Crippen LogP contribution in [0.25, 0.3) is 65.3 Å². The minimum absolute atomic E-state index is 1.07. The predicted octanol–water partition coefficient (Wildman–Crippen LogP) is 11.4. The van der Waals surface area contributed by atoms with E-state index in [0.717, 1.165) is 11.4 Å². The Morgan fingerprint density at radius 2 is 0.829 bits per heavy atom. The quantitative estimate of drug-likeness (QED) is 0.227. The van der Waals surface area contributed by atoms with Crippen LogP contribution in [0.15, 0.2) is 158 Å². The minimum Gasteiger partial charge on any atom is -0.355 e. The lowest BCUT2D eigenvalue weighted by Gasteiger charge is -2.14. The third-order valence-corrected chi connectivity index (χ3v) is 8.17. The molecule has 0 fully saturated rings. The van der Waals surface area contributed by atoms with Crippen molar-refractivity contribution in [3.63, 3.8) is 0 Å². The highest BCUT2D eigenvalue weighted by Crippen LogP contribution is 2.36. The molecular weight excluding hydrogens is 494 g/mol. The van der Waals surface area contributed by atoms with Crippen molar-refractivity contribution in [2.24, 2.45) is 0 Å². The molecule has 0 saturated carbocycles. The maximum absolute atomic E-state index is 3.68. The summed E-state index contributed by atoms with van der Waals surface area (Å²) in [5.74, 6) is 0. The number of hydrogen-bond acceptors (Lipinski definition) is 1. The van der Waals surface area contributed by atoms with Crippen LogP contribution < -0.4 is 5.32 Å². The molecule has 0 atom stereocenters. The van der Waals surface area contributed by atoms with E-state index >= 15 is 0 Å². The molecule has 0 amide bonds. The van der Waals surface area contributed by atoms with Gasteiger partial charge in [0.1, 0.15) is 0 Å². The molecule has 0 bridgehead atoms. The molecule has 0 aliphatic carbocycles. The maximum atomic E-state index is 3.68. The number of nitrogens with one attached hydrogen (secondary N) is 1. The Balaban J connectivity index is 1.16. The van der Waals surface area contributed by atoms with Crippen LogP contribution in [0.1, 0.15) is 0 Å². The Labute approximate surface area is 239 Å². The first kappa shape index (κ1) is 23.5. The molecule has 192 valence electrons. The molecule has 8 aromatic carbocycles. The first-order valence-electron chi connectivity index (χ1n) is 14.1. The SMILES string of the molecule is c1cc(Nc2cccc(-c3cc4ccccc4c4ccccc34)c2)cc(-c2ccc3ccc4ccccc4c3c2)c1. The molecule has 0 aliphatic rings. The first-order chi connectivity index (χ1) is 20.3. The first-order valence-corrected chi connectivity index (χ1v) is 14.1. The molecule has 1 nitrogen and oxygen atoms in total. The van der Waals surface area contributed by atoms with Gasteiger partial charge in [-0.05, 0) is 102 Å². The van der Waals surface area contributed by atoms with E-state index in [4.69, 9.17) is 0 Å². The number of fused-ring (bicyclic) bond motifs is 6. The third-order valence-electron chi connectivity index (χ3n) is 8.17. The van der Waals surface area contributed by atoms with Gasteiger partial charge in [0.25, 0.3) is 0 Å². The zero-order valence-corrected chi connectivity index (χ0v) is 22.5. The van der Waals surface area contributed by atoms with Gasteiger partial charge in [0.2, 0.25) is 0 Å². The summed E-state index contributed by atoms with van der Waals surface area (Å²) in [6.07, 6.45) is 0. The third kappa shape index (κ3) is 4.20. The zero-order valence-electron chi connectivity index (χ0n) is 22.5. The summed E-state index contributed by atoms with van der Waals surface area (Å²) < 4.78 is 0. The van der Waals surface area contributed by atoms with E-state index in [1.54, 1.807) is 0 Å². The van der Waals surface area contributed by atoms with Crippen LogP contribution in [-0.4, -0.2) is 0 Å². The normalized spacial score (nSPS) is 11.4. The molecule has 1 heteroatoms. The molecule has 0 aromatic heterocycles. The van der Waals surface area contributed by atoms with E-state index in [9.17, 15) is 0 Å². The van der Waals surface area contributed by atoms with Gasteiger partial charge in [0, 0.05) is 11.4 Å². The van der Waals surface area contributed by atoms with Crippen molar-refractivity contribution in [1.29, 1.82) is 0 Å². The van der Waals surface area contributed by atoms with Crippen molar-refractivity contribution < 1.29 is 0 Å². The molecular formula is C40H27N. The minimum atomic E-state index is 1.07. The second-order valence-electron chi connectivity index (χ2n) is 10.7. The van der Waals surface area contributed by atoms with Crippen LogP contribution in [0.2, 0.25) is 0 Å². The summed E-state index contributed by atoms with van der Waals surface area (Å²) in [6.45, 7) is 0. The fourth-order valence-electron chi connectivity index (χ4n) is 6.18. The summed E-state index contributed by atoms with van der Waals surface area (Å²) in [6, 6.07) is 56.9. The fourth-order valence-corrected chi connectivity index (χ4v) is 6.18. The van der Waals surface area contributed by atoms with Gasteiger partial charge in [-0.3, -0.25) is 0 Å². The highest BCUT2D eigenvalue weighted by atomic mass is 14.9. The van der Waals surface area contributed by atoms with Crippen molar-refractivity contribution >= 4 is 54.5 Å². The van der Waals surface area contributed by atoms with Gasteiger partial charge in [-0.1, -0.05) is 121 Å². The molecule has 0 saturated heterocycles. The zero-order chi connectivity index (χ0) is 27.2. The van der Waals surface area contributed by atoms with Crippen molar-refractivity contribution in [1.82, 2.24) is 0 Å². The van der Waals surface area contributed by atoms with Crippen LogP contribution in [0, 0.1) is 0 Å². The number of hydrogen-bond donors (Lipinski definition) is 1. The predicted molar refractivity (Wildman–Crippen MR) is 177 cm³/mol. The molecule has 41 heavy (non-hydrogen) atoms. The van der Waals surface area contributed by atoms with Crippen molar-refractivity contribution in [3.8, 4) is 22.3 Å². The standard InChI is InChI=1S/C40H27N/c1-3-15-35-27(9-1)19-20-28-21-22-30(25-39(28)35)29-11-7-13-33(23-29)41-34-14-8-12-31(24-34)40-26-32-10-2-4-16-36(32)37-17-5-6-18-38(37)40/h1-26,41H. The van der Waals surface area contributed by atoms with E-state index < -0.39 is 0 Å². The Morgan fingerprint density at radius 1 is 0.293 bits per heavy atom. The molecule has 8 aromatic rings. The van der Waals surface area contributed by atoms with Crippen LogP contribution in [0.5, 0.6) is 0 Å². The lowest BCUT2D eigenvalue weighted by atomic mass is 9.93. The maximum Gasteiger partial charge on any atom is 0.0390 e. The lowest BCUT2D eigenvalue weighted by Crippen LogP contribution is -1.92. The van der Waals surface area contributed by atoms with Gasteiger partial charge >= 0.3 is 0 Å². The van der Waals surface area contributed by atoms with Gasteiger partial charge in [-0.15, -0.1) is 0 Å². The van der Waals surface area contributed by atoms with E-state index in [1.807, 2.05) is 0 Å². The molecule has 0 spiro atoms. The molecule has 0 unspecified atom stereocenters. The summed E-state index contributed by atoms with van der Waals surface area (Å²) >= 11 is 0. The molecule has 1 N–H and O–H groups in total. The second-order valence-corrected chi connectivity index (χ2v) is 10.7. The van der Waals surface area contributed by atoms with Crippen LogP contribution in [0.4, 0.5) is 11.4 Å². The Kier molecular flexibility index (Phi) is 5.53. The largest absolute Gasteiger partial charge is 0.355 e. The van der Waals surface area contributed by atoms with Crippen molar-refractivity contribution in [2.45, 2.75) is 0 Å². The smallest absolute Gasteiger partial charge is 0.0390 e. The van der Waals surface area contributed by atoms with Crippen LogP contribution in [-0.2, 0) is 0 Å². The monoisotopic (exact) mass is 521 g/mol. The van der Waals surface area contributed by atoms with E-state index in [-0.39, 0.29) is 0 Å². The van der Waals surface area contributed by atoms with Gasteiger partial charge in [-0.25, -0.2) is 0 Å². The number of benzene rings is 8. The summed E-state index contributed by atoms with van der Waals surface area (Å²) in [5, 5.41) is 13.9. The number of rotatable bonds is 4. The second kappa shape index (κ2) is 9.66. The molecule has 0 heterocycles. The average molecular weight is 522 g/mol. The van der Waals surface area contributed by atoms with Gasteiger partial charge < -0.3 is 5.32 Å². The average Bonchev–Trinajstić information content (AvgIpc) is 3.04. The lowest BCUT2D eigenvalue weighted by molar-refractivity contribution is 1.54. The van der Waals surface area contributed by atoms with E-state index in [0.29, 0.717) is 0 Å². The van der Waals surface area contributed by atoms with E-state index in [1.165, 1.54) is 65.3 Å². The van der Waals surface area contributed by atoms with Crippen molar-refractivity contribution in [3.05, 3.63) is 158 Å². The van der Waals surface area contributed by atoms with Crippen LogP contribution >= 0.6 is 0 Å². The van der Waals surface area contributed by atoms with Crippen molar-refractivity contribution in [2.75, 3.05) is 5.32 Å². The van der Waals surface area contributed by atoms with Gasteiger partial charge in [-0.2, -0.15) is 0 Å². The Hall–Kier alpha value is -5.40. The molecule has 0 radical (unpaired) electrons. The Morgan fingerprint density at radius 3 is 1.61 bits per heavy atom. The van der Waals surface area contributed by atoms with Crippen LogP contribution in [0.3, 0.4) is 0 Å². The van der Waals surface area contributed by atoms with Gasteiger partial charge in [0.05, 0.1) is 0 Å².